The smallest absolute Gasteiger partial charge is 0.227 e. The average Bonchev–Trinajstić information content (AvgIpc) is 2.75. The van der Waals surface area contributed by atoms with E-state index in [1.807, 2.05) is 18.2 Å². The zero-order chi connectivity index (χ0) is 12.7. The SMILES string of the molecule is Cc1cc(-c2nc3cc(Cl)ccc3o2)ccc1I. The fraction of sp³-hybridized carbons (Fsp3) is 0.0714. The van der Waals surface area contributed by atoms with Gasteiger partial charge in [0.1, 0.15) is 5.52 Å². The lowest BCUT2D eigenvalue weighted by Crippen LogP contribution is -1.82. The van der Waals surface area contributed by atoms with Crippen molar-refractivity contribution >= 4 is 45.3 Å². The van der Waals surface area contributed by atoms with Crippen LogP contribution in [-0.2, 0) is 0 Å². The van der Waals surface area contributed by atoms with Gasteiger partial charge in [0.05, 0.1) is 0 Å². The van der Waals surface area contributed by atoms with E-state index in [9.17, 15) is 0 Å². The minimum atomic E-state index is 0.631. The third-order valence-electron chi connectivity index (χ3n) is 2.75. The Bertz CT molecular complexity index is 736. The molecule has 18 heavy (non-hydrogen) atoms. The summed E-state index contributed by atoms with van der Waals surface area (Å²) in [6.45, 7) is 2.07. The molecule has 0 aliphatic carbocycles. The van der Waals surface area contributed by atoms with E-state index in [1.165, 1.54) is 9.13 Å². The van der Waals surface area contributed by atoms with Crippen LogP contribution in [0.2, 0.25) is 5.02 Å². The summed E-state index contributed by atoms with van der Waals surface area (Å²) in [4.78, 5) is 4.46. The second kappa shape index (κ2) is 4.55. The van der Waals surface area contributed by atoms with Gasteiger partial charge < -0.3 is 4.42 Å². The summed E-state index contributed by atoms with van der Waals surface area (Å²) < 4.78 is 6.96. The lowest BCUT2D eigenvalue weighted by atomic mass is 10.1. The highest BCUT2D eigenvalue weighted by Gasteiger charge is 2.09. The molecule has 2 aromatic carbocycles. The second-order valence-corrected chi connectivity index (χ2v) is 5.69. The van der Waals surface area contributed by atoms with Gasteiger partial charge in [-0.15, -0.1) is 0 Å². The molecule has 0 N–H and O–H groups in total. The van der Waals surface area contributed by atoms with Gasteiger partial charge >= 0.3 is 0 Å². The van der Waals surface area contributed by atoms with Gasteiger partial charge in [0, 0.05) is 14.2 Å². The van der Waals surface area contributed by atoms with E-state index in [0.29, 0.717) is 10.9 Å². The Hall–Kier alpha value is -1.07. The lowest BCUT2D eigenvalue weighted by Gasteiger charge is -1.99. The van der Waals surface area contributed by atoms with Crippen molar-refractivity contribution in [2.45, 2.75) is 6.92 Å². The highest BCUT2D eigenvalue weighted by molar-refractivity contribution is 14.1. The Morgan fingerprint density at radius 1 is 1.17 bits per heavy atom. The Labute approximate surface area is 123 Å². The normalized spacial score (nSPS) is 11.1. The first-order valence-corrected chi connectivity index (χ1v) is 6.92. The van der Waals surface area contributed by atoms with Crippen LogP contribution in [0.15, 0.2) is 40.8 Å². The van der Waals surface area contributed by atoms with E-state index in [0.717, 1.165) is 16.7 Å². The molecule has 2 nitrogen and oxygen atoms in total. The summed E-state index contributed by atoms with van der Waals surface area (Å²) in [6.07, 6.45) is 0. The highest BCUT2D eigenvalue weighted by atomic mass is 127. The van der Waals surface area contributed by atoms with Crippen LogP contribution in [0.3, 0.4) is 0 Å². The maximum absolute atomic E-state index is 5.94. The van der Waals surface area contributed by atoms with Crippen molar-refractivity contribution in [3.8, 4) is 11.5 Å². The molecule has 90 valence electrons. The Balaban J connectivity index is 2.16. The van der Waals surface area contributed by atoms with E-state index < -0.39 is 0 Å². The molecule has 0 fully saturated rings. The first kappa shape index (κ1) is 12.0. The maximum Gasteiger partial charge on any atom is 0.227 e. The molecule has 3 aromatic rings. The van der Waals surface area contributed by atoms with Crippen molar-refractivity contribution in [1.82, 2.24) is 4.98 Å². The molecule has 0 radical (unpaired) electrons. The van der Waals surface area contributed by atoms with Crippen molar-refractivity contribution < 1.29 is 4.42 Å². The number of nitrogens with zero attached hydrogens (tertiary/aromatic N) is 1. The van der Waals surface area contributed by atoms with Gasteiger partial charge in [-0.25, -0.2) is 4.98 Å². The monoisotopic (exact) mass is 369 g/mol. The van der Waals surface area contributed by atoms with E-state index in [-0.39, 0.29) is 0 Å². The van der Waals surface area contributed by atoms with Crippen molar-refractivity contribution in [2.24, 2.45) is 0 Å². The molecule has 1 heterocycles. The summed E-state index contributed by atoms with van der Waals surface area (Å²) in [6, 6.07) is 11.6. The van der Waals surface area contributed by atoms with Crippen LogP contribution in [0.25, 0.3) is 22.6 Å². The molecule has 0 spiro atoms. The molecule has 1 aromatic heterocycles. The first-order chi connectivity index (χ1) is 8.63. The van der Waals surface area contributed by atoms with E-state index in [1.54, 1.807) is 6.07 Å². The fourth-order valence-corrected chi connectivity index (χ4v) is 2.30. The van der Waals surface area contributed by atoms with Gasteiger partial charge in [-0.05, 0) is 71.5 Å². The van der Waals surface area contributed by atoms with Crippen LogP contribution in [0, 0.1) is 10.5 Å². The van der Waals surface area contributed by atoms with Crippen LogP contribution >= 0.6 is 34.2 Å². The zero-order valence-electron chi connectivity index (χ0n) is 9.58. The molecule has 0 aliphatic rings. The van der Waals surface area contributed by atoms with Crippen molar-refractivity contribution in [2.75, 3.05) is 0 Å². The average molecular weight is 370 g/mol. The molecule has 0 amide bonds. The number of hydrogen-bond donors (Lipinski definition) is 0. The van der Waals surface area contributed by atoms with Crippen LogP contribution in [0.1, 0.15) is 5.56 Å². The Kier molecular flexibility index (Phi) is 3.03. The Morgan fingerprint density at radius 3 is 2.78 bits per heavy atom. The Morgan fingerprint density at radius 2 is 2.00 bits per heavy atom. The molecule has 0 aliphatic heterocycles. The van der Waals surface area contributed by atoms with Gasteiger partial charge in [0.2, 0.25) is 5.89 Å². The van der Waals surface area contributed by atoms with Gasteiger partial charge in [-0.3, -0.25) is 0 Å². The molecule has 0 saturated heterocycles. The summed E-state index contributed by atoms with van der Waals surface area (Å²) in [5, 5.41) is 0.668. The number of benzene rings is 2. The third kappa shape index (κ3) is 2.12. The number of hydrogen-bond acceptors (Lipinski definition) is 2. The second-order valence-electron chi connectivity index (χ2n) is 4.10. The van der Waals surface area contributed by atoms with E-state index in [4.69, 9.17) is 16.0 Å². The number of halogens is 2. The molecule has 3 rings (SSSR count). The lowest BCUT2D eigenvalue weighted by molar-refractivity contribution is 0.620. The molecule has 0 atom stereocenters. The van der Waals surface area contributed by atoms with E-state index in [2.05, 4.69) is 46.6 Å². The number of aromatic nitrogens is 1. The maximum atomic E-state index is 5.94. The van der Waals surface area contributed by atoms with Gasteiger partial charge in [-0.1, -0.05) is 11.6 Å². The number of fused-ring (bicyclic) bond motifs is 1. The van der Waals surface area contributed by atoms with Crippen LogP contribution in [0.5, 0.6) is 0 Å². The van der Waals surface area contributed by atoms with Gasteiger partial charge in [0.15, 0.2) is 5.58 Å². The summed E-state index contributed by atoms with van der Waals surface area (Å²) in [5.74, 6) is 0.631. The summed E-state index contributed by atoms with van der Waals surface area (Å²) in [7, 11) is 0. The number of rotatable bonds is 1. The van der Waals surface area contributed by atoms with Gasteiger partial charge in [0.25, 0.3) is 0 Å². The molecule has 0 unspecified atom stereocenters. The largest absolute Gasteiger partial charge is 0.436 e. The zero-order valence-corrected chi connectivity index (χ0v) is 12.5. The third-order valence-corrected chi connectivity index (χ3v) is 4.20. The quantitative estimate of drug-likeness (QED) is 0.560. The van der Waals surface area contributed by atoms with Crippen LogP contribution in [0.4, 0.5) is 0 Å². The predicted molar refractivity (Wildman–Crippen MR) is 81.9 cm³/mol. The molecule has 0 saturated carbocycles. The molecular formula is C14H9ClINO. The molecule has 0 bridgehead atoms. The standard InChI is InChI=1S/C14H9ClINO/c1-8-6-9(2-4-11(8)16)14-17-12-7-10(15)3-5-13(12)18-14/h2-7H,1H3. The predicted octanol–water partition coefficient (Wildman–Crippen LogP) is 5.06. The molecule has 4 heteroatoms. The number of oxazole rings is 1. The minimum Gasteiger partial charge on any atom is -0.436 e. The summed E-state index contributed by atoms with van der Waals surface area (Å²) in [5.41, 5.74) is 3.74. The summed E-state index contributed by atoms with van der Waals surface area (Å²) >= 11 is 8.25. The van der Waals surface area contributed by atoms with Crippen LogP contribution in [-0.4, -0.2) is 4.98 Å². The van der Waals surface area contributed by atoms with Crippen molar-refractivity contribution in [3.63, 3.8) is 0 Å². The topological polar surface area (TPSA) is 26.0 Å². The fourth-order valence-electron chi connectivity index (χ4n) is 1.80. The highest BCUT2D eigenvalue weighted by Crippen LogP contribution is 2.27. The van der Waals surface area contributed by atoms with Crippen LogP contribution < -0.4 is 0 Å². The van der Waals surface area contributed by atoms with Crippen molar-refractivity contribution in [3.05, 3.63) is 50.6 Å². The minimum absolute atomic E-state index is 0.631. The van der Waals surface area contributed by atoms with Gasteiger partial charge in [-0.2, -0.15) is 0 Å². The van der Waals surface area contributed by atoms with Crippen molar-refractivity contribution in [1.29, 1.82) is 0 Å². The number of aryl methyl sites for hydroxylation is 1. The first-order valence-electron chi connectivity index (χ1n) is 5.46. The van der Waals surface area contributed by atoms with E-state index >= 15 is 0 Å². The molecular weight excluding hydrogens is 361 g/mol.